The summed E-state index contributed by atoms with van der Waals surface area (Å²) < 4.78 is 28.0. The SMILES string of the molecule is CN(C)C=O.CN(C)C=O.CN(C)C=O.CN(C)C=O.Cc1ccc(N2C(=O)c3cc4c(cc3[C@]2(O)c2ccc(F)cc2)C(=O)N(c2ccc(C)cc2)[C@]4(O)c2ccc(F)cc2)cc1. The van der Waals surface area contributed by atoms with Crippen LogP contribution in [0.3, 0.4) is 0 Å². The lowest BCUT2D eigenvalue weighted by Gasteiger charge is -2.35. The molecule has 64 heavy (non-hydrogen) atoms. The average molecular weight is 881 g/mol. The number of carbonyl (C=O) groups excluding carboxylic acids is 6. The molecule has 0 aromatic heterocycles. The Morgan fingerprint density at radius 2 is 0.688 bits per heavy atom. The zero-order valence-corrected chi connectivity index (χ0v) is 37.5. The summed E-state index contributed by atoms with van der Waals surface area (Å²) >= 11 is 0. The van der Waals surface area contributed by atoms with Gasteiger partial charge in [0.1, 0.15) is 11.6 Å². The van der Waals surface area contributed by atoms with Crippen molar-refractivity contribution in [1.29, 1.82) is 0 Å². The lowest BCUT2D eigenvalue weighted by molar-refractivity contribution is -0.116. The fourth-order valence-corrected chi connectivity index (χ4v) is 6.24. The third-order valence-electron chi connectivity index (χ3n) is 9.34. The molecule has 0 saturated heterocycles. The lowest BCUT2D eigenvalue weighted by atomic mass is 9.87. The molecule has 14 nitrogen and oxygen atoms in total. The minimum atomic E-state index is -2.12. The zero-order valence-electron chi connectivity index (χ0n) is 37.5. The molecule has 0 fully saturated rings. The maximum atomic E-state index is 14.3. The van der Waals surface area contributed by atoms with Crippen LogP contribution in [0.4, 0.5) is 20.2 Å². The number of hydrogen-bond donors (Lipinski definition) is 2. The molecule has 2 N–H and O–H groups in total. The van der Waals surface area contributed by atoms with Gasteiger partial charge in [-0.05, 0) is 74.5 Å². The first-order valence-electron chi connectivity index (χ1n) is 19.6. The van der Waals surface area contributed by atoms with Gasteiger partial charge in [-0.3, -0.25) is 38.6 Å². The van der Waals surface area contributed by atoms with E-state index in [9.17, 15) is 47.8 Å². The van der Waals surface area contributed by atoms with Gasteiger partial charge in [-0.15, -0.1) is 0 Å². The number of benzene rings is 5. The maximum absolute atomic E-state index is 14.3. The molecule has 0 aliphatic carbocycles. The summed E-state index contributed by atoms with van der Waals surface area (Å²) in [5.41, 5.74) is -0.862. The van der Waals surface area contributed by atoms with E-state index in [1.165, 1.54) is 90.1 Å². The number of carbonyl (C=O) groups is 6. The van der Waals surface area contributed by atoms with E-state index in [2.05, 4.69) is 0 Å². The molecule has 2 atom stereocenters. The van der Waals surface area contributed by atoms with Gasteiger partial charge < -0.3 is 29.8 Å². The van der Waals surface area contributed by atoms with Gasteiger partial charge in [0.05, 0.1) is 0 Å². The van der Waals surface area contributed by atoms with Crippen molar-refractivity contribution in [2.24, 2.45) is 0 Å². The van der Waals surface area contributed by atoms with Gasteiger partial charge in [-0.25, -0.2) is 8.78 Å². The molecule has 2 heterocycles. The lowest BCUT2D eigenvalue weighted by Crippen LogP contribution is -2.45. The fraction of sp³-hybridized carbons (Fsp3) is 0.250. The predicted octanol–water partition coefficient (Wildman–Crippen LogP) is 5.11. The van der Waals surface area contributed by atoms with Crippen molar-refractivity contribution in [1.82, 2.24) is 19.6 Å². The molecule has 0 bridgehead atoms. The Balaban J connectivity index is 0.000000457. The highest BCUT2D eigenvalue weighted by Crippen LogP contribution is 2.51. The topological polar surface area (TPSA) is 162 Å². The first-order valence-corrected chi connectivity index (χ1v) is 19.6. The molecule has 338 valence electrons. The minimum absolute atomic E-state index is 0.0512. The van der Waals surface area contributed by atoms with Crippen LogP contribution >= 0.6 is 0 Å². The highest BCUT2D eigenvalue weighted by Gasteiger charge is 2.56. The number of aryl methyl sites for hydroxylation is 2. The van der Waals surface area contributed by atoms with Crippen LogP contribution in [0.5, 0.6) is 0 Å². The van der Waals surface area contributed by atoms with Crippen LogP contribution in [0.2, 0.25) is 0 Å². The van der Waals surface area contributed by atoms with Crippen LogP contribution in [0.15, 0.2) is 109 Å². The number of amides is 6. The molecule has 0 radical (unpaired) electrons. The summed E-state index contributed by atoms with van der Waals surface area (Å²) in [7, 11) is 13.5. The van der Waals surface area contributed by atoms with E-state index in [1.807, 2.05) is 13.8 Å². The van der Waals surface area contributed by atoms with Gasteiger partial charge in [0.15, 0.2) is 11.4 Å². The van der Waals surface area contributed by atoms with E-state index < -0.39 is 34.9 Å². The molecule has 0 spiro atoms. The summed E-state index contributed by atoms with van der Waals surface area (Å²) in [4.78, 5) is 74.4. The van der Waals surface area contributed by atoms with E-state index in [-0.39, 0.29) is 33.4 Å². The molecular formula is C48H54F2N6O8. The van der Waals surface area contributed by atoms with Crippen LogP contribution in [0.25, 0.3) is 0 Å². The van der Waals surface area contributed by atoms with Crippen LogP contribution in [0, 0.1) is 25.5 Å². The number of aliphatic hydroxyl groups is 2. The summed E-state index contributed by atoms with van der Waals surface area (Å²) in [6.07, 6.45) is 3.00. The van der Waals surface area contributed by atoms with E-state index in [4.69, 9.17) is 0 Å². The average Bonchev–Trinajstić information content (AvgIpc) is 3.64. The van der Waals surface area contributed by atoms with E-state index in [0.717, 1.165) is 36.8 Å². The van der Waals surface area contributed by atoms with Crippen molar-refractivity contribution < 1.29 is 47.8 Å². The standard InChI is InChI=1S/C36H26F2N2O4.4C3H7NO/c1-21-3-15-27(16-4-21)39-33(41)29-19-32-30(20-31(29)35(39,43)23-7-11-25(37)12-8-23)34(42)40(28-17-5-22(2)6-18-28)36(32,44)24-9-13-26(38)14-10-24;4*1-4(2)3-5/h3-20,43-44H,1-2H3;4*3H,1-2H3/t35-,36+;;;;. The monoisotopic (exact) mass is 880 g/mol. The normalized spacial score (nSPS) is 16.3. The first-order chi connectivity index (χ1) is 30.1. The third kappa shape index (κ3) is 11.6. The molecule has 2 aliphatic heterocycles. The number of hydrogen-bond acceptors (Lipinski definition) is 8. The summed E-state index contributed by atoms with van der Waals surface area (Å²) in [5, 5.41) is 25.0. The number of nitrogens with zero attached hydrogens (tertiary/aromatic N) is 6. The highest BCUT2D eigenvalue weighted by molar-refractivity contribution is 6.17. The molecule has 5 aromatic carbocycles. The molecule has 0 unspecified atom stereocenters. The Morgan fingerprint density at radius 1 is 0.453 bits per heavy atom. The van der Waals surface area contributed by atoms with Crippen LogP contribution in [0.1, 0.15) is 54.1 Å². The van der Waals surface area contributed by atoms with Gasteiger partial charge in [0.25, 0.3) is 11.8 Å². The number of anilines is 2. The van der Waals surface area contributed by atoms with E-state index in [0.29, 0.717) is 11.4 Å². The Labute approximate surface area is 372 Å². The smallest absolute Gasteiger partial charge is 0.261 e. The van der Waals surface area contributed by atoms with Crippen LogP contribution in [-0.2, 0) is 30.6 Å². The Bertz CT molecular complexity index is 2200. The molecule has 6 amide bonds. The van der Waals surface area contributed by atoms with Crippen molar-refractivity contribution >= 4 is 48.8 Å². The zero-order chi connectivity index (χ0) is 48.1. The third-order valence-corrected chi connectivity index (χ3v) is 9.34. The Kier molecular flexibility index (Phi) is 17.7. The van der Waals surface area contributed by atoms with Gasteiger partial charge in [0.2, 0.25) is 25.6 Å². The first kappa shape index (κ1) is 51.1. The van der Waals surface area contributed by atoms with Gasteiger partial charge in [-0.2, -0.15) is 0 Å². The number of halogens is 2. The quantitative estimate of drug-likeness (QED) is 0.204. The Morgan fingerprint density at radius 3 is 0.906 bits per heavy atom. The number of rotatable bonds is 8. The van der Waals surface area contributed by atoms with E-state index in [1.54, 1.807) is 105 Å². The van der Waals surface area contributed by atoms with E-state index >= 15 is 0 Å². The van der Waals surface area contributed by atoms with Crippen LogP contribution in [-0.4, -0.2) is 124 Å². The Hall–Kier alpha value is -7.30. The largest absolute Gasteiger partial charge is 0.363 e. The molecule has 5 aromatic rings. The predicted molar refractivity (Wildman–Crippen MR) is 240 cm³/mol. The summed E-state index contributed by atoms with van der Waals surface area (Å²) in [5.74, 6) is -2.21. The van der Waals surface area contributed by atoms with Gasteiger partial charge >= 0.3 is 0 Å². The van der Waals surface area contributed by atoms with Crippen molar-refractivity contribution in [3.05, 3.63) is 165 Å². The molecule has 16 heteroatoms. The van der Waals surface area contributed by atoms with Crippen LogP contribution < -0.4 is 9.80 Å². The summed E-state index contributed by atoms with van der Waals surface area (Å²) in [6.45, 7) is 3.78. The van der Waals surface area contributed by atoms with Gasteiger partial charge in [-0.1, -0.05) is 59.7 Å². The molecule has 7 rings (SSSR count). The second kappa shape index (κ2) is 22.2. The van der Waals surface area contributed by atoms with Crippen molar-refractivity contribution in [3.8, 4) is 0 Å². The molecule has 2 aliphatic rings. The molecular weight excluding hydrogens is 827 g/mol. The van der Waals surface area contributed by atoms with Crippen molar-refractivity contribution in [3.63, 3.8) is 0 Å². The fourth-order valence-electron chi connectivity index (χ4n) is 6.24. The highest BCUT2D eigenvalue weighted by atomic mass is 19.1. The second-order valence-corrected chi connectivity index (χ2v) is 15.5. The molecule has 0 saturated carbocycles. The maximum Gasteiger partial charge on any atom is 0.261 e. The number of fused-ring (bicyclic) bond motifs is 2. The van der Waals surface area contributed by atoms with Crippen molar-refractivity contribution in [2.45, 2.75) is 25.3 Å². The second-order valence-electron chi connectivity index (χ2n) is 15.5. The minimum Gasteiger partial charge on any atom is -0.363 e. The summed E-state index contributed by atoms with van der Waals surface area (Å²) in [6, 6.07) is 27.1. The van der Waals surface area contributed by atoms with Gasteiger partial charge in [0, 0.05) is 101 Å². The van der Waals surface area contributed by atoms with Crippen molar-refractivity contribution in [2.75, 3.05) is 66.2 Å².